The normalized spacial score (nSPS) is 13.9. The Kier molecular flexibility index (Phi) is 2.99. The fraction of sp³-hybridized carbons (Fsp3) is 0.235. The molecule has 0 radical (unpaired) electrons. The number of aryl methyl sites for hydroxylation is 1. The number of rotatable bonds is 2. The molecule has 2 heterocycles. The SMILES string of the molecule is c1cc2c(c(-n3cc(-c4ccncn4)cn3)c1)CCCC2. The lowest BCUT2D eigenvalue weighted by Gasteiger charge is -2.19. The third-order valence-electron chi connectivity index (χ3n) is 4.08. The predicted molar refractivity (Wildman–Crippen MR) is 81.2 cm³/mol. The topological polar surface area (TPSA) is 43.6 Å². The molecule has 104 valence electrons. The summed E-state index contributed by atoms with van der Waals surface area (Å²) in [7, 11) is 0. The number of fused-ring (bicyclic) bond motifs is 1. The predicted octanol–water partition coefficient (Wildman–Crippen LogP) is 3.21. The van der Waals surface area contributed by atoms with E-state index in [2.05, 4.69) is 33.3 Å². The standard InChI is InChI=1S/C17H16N4/c1-2-6-15-13(4-1)5-3-7-17(15)21-11-14(10-20-21)16-8-9-18-12-19-16/h3,5,7-12H,1-2,4,6H2. The first kappa shape index (κ1) is 12.3. The molecule has 0 bridgehead atoms. The van der Waals surface area contributed by atoms with Gasteiger partial charge in [0, 0.05) is 18.0 Å². The first-order valence-electron chi connectivity index (χ1n) is 7.34. The first-order valence-corrected chi connectivity index (χ1v) is 7.34. The second-order valence-corrected chi connectivity index (χ2v) is 5.39. The molecule has 3 aromatic rings. The number of hydrogen-bond donors (Lipinski definition) is 0. The van der Waals surface area contributed by atoms with Crippen molar-refractivity contribution in [2.24, 2.45) is 0 Å². The van der Waals surface area contributed by atoms with Gasteiger partial charge in [-0.2, -0.15) is 5.10 Å². The summed E-state index contributed by atoms with van der Waals surface area (Å²) in [6.45, 7) is 0. The molecule has 4 nitrogen and oxygen atoms in total. The van der Waals surface area contributed by atoms with Crippen molar-refractivity contribution >= 4 is 0 Å². The second-order valence-electron chi connectivity index (χ2n) is 5.39. The summed E-state index contributed by atoms with van der Waals surface area (Å²) in [5.74, 6) is 0. The van der Waals surface area contributed by atoms with Crippen molar-refractivity contribution in [1.82, 2.24) is 19.7 Å². The van der Waals surface area contributed by atoms with Crippen molar-refractivity contribution in [3.05, 3.63) is 60.3 Å². The Hall–Kier alpha value is -2.49. The van der Waals surface area contributed by atoms with Crippen molar-refractivity contribution in [3.63, 3.8) is 0 Å². The van der Waals surface area contributed by atoms with Crippen LogP contribution in [0.2, 0.25) is 0 Å². The second kappa shape index (κ2) is 5.13. The van der Waals surface area contributed by atoms with E-state index in [1.54, 1.807) is 12.5 Å². The van der Waals surface area contributed by atoms with Crippen LogP contribution in [0.25, 0.3) is 16.9 Å². The van der Waals surface area contributed by atoms with Crippen molar-refractivity contribution in [3.8, 4) is 16.9 Å². The van der Waals surface area contributed by atoms with Crippen LogP contribution in [0.1, 0.15) is 24.0 Å². The number of aromatic nitrogens is 4. The van der Waals surface area contributed by atoms with E-state index in [4.69, 9.17) is 0 Å². The van der Waals surface area contributed by atoms with Crippen molar-refractivity contribution < 1.29 is 0 Å². The maximum absolute atomic E-state index is 4.53. The van der Waals surface area contributed by atoms with Gasteiger partial charge in [0.25, 0.3) is 0 Å². The molecular weight excluding hydrogens is 260 g/mol. The third kappa shape index (κ3) is 2.23. The van der Waals surface area contributed by atoms with E-state index in [0.717, 1.165) is 17.7 Å². The van der Waals surface area contributed by atoms with Gasteiger partial charge in [-0.25, -0.2) is 14.6 Å². The van der Waals surface area contributed by atoms with Gasteiger partial charge in [-0.1, -0.05) is 12.1 Å². The van der Waals surface area contributed by atoms with Crippen LogP contribution in [0.3, 0.4) is 0 Å². The Balaban J connectivity index is 1.77. The van der Waals surface area contributed by atoms with Crippen molar-refractivity contribution in [2.45, 2.75) is 25.7 Å². The van der Waals surface area contributed by atoms with Gasteiger partial charge in [0.1, 0.15) is 6.33 Å². The summed E-state index contributed by atoms with van der Waals surface area (Å²) in [6, 6.07) is 8.43. The summed E-state index contributed by atoms with van der Waals surface area (Å²) >= 11 is 0. The molecule has 0 spiro atoms. The highest BCUT2D eigenvalue weighted by molar-refractivity contribution is 5.57. The van der Waals surface area contributed by atoms with Gasteiger partial charge in [-0.05, 0) is 48.9 Å². The minimum atomic E-state index is 0.904. The smallest absolute Gasteiger partial charge is 0.116 e. The van der Waals surface area contributed by atoms with E-state index in [9.17, 15) is 0 Å². The fourth-order valence-electron chi connectivity index (χ4n) is 3.02. The summed E-state index contributed by atoms with van der Waals surface area (Å²) in [6.07, 6.45) is 12.1. The summed E-state index contributed by atoms with van der Waals surface area (Å²) in [5, 5.41) is 4.53. The molecule has 1 aliphatic rings. The monoisotopic (exact) mass is 276 g/mol. The number of nitrogens with zero attached hydrogens (tertiary/aromatic N) is 4. The maximum atomic E-state index is 4.53. The molecule has 0 atom stereocenters. The summed E-state index contributed by atoms with van der Waals surface area (Å²) in [5.41, 5.74) is 6.04. The highest BCUT2D eigenvalue weighted by Gasteiger charge is 2.14. The zero-order chi connectivity index (χ0) is 14.1. The summed E-state index contributed by atoms with van der Waals surface area (Å²) < 4.78 is 1.97. The van der Waals surface area contributed by atoms with E-state index < -0.39 is 0 Å². The molecular formula is C17H16N4. The van der Waals surface area contributed by atoms with Crippen LogP contribution in [-0.4, -0.2) is 19.7 Å². The van der Waals surface area contributed by atoms with Gasteiger partial charge in [0.05, 0.1) is 17.6 Å². The molecule has 2 aromatic heterocycles. The molecule has 0 fully saturated rings. The van der Waals surface area contributed by atoms with Gasteiger partial charge in [0.15, 0.2) is 0 Å². The first-order chi connectivity index (χ1) is 10.4. The fourth-order valence-corrected chi connectivity index (χ4v) is 3.02. The Morgan fingerprint density at radius 3 is 2.90 bits per heavy atom. The quantitative estimate of drug-likeness (QED) is 0.722. The van der Waals surface area contributed by atoms with Crippen LogP contribution < -0.4 is 0 Å². The molecule has 0 unspecified atom stereocenters. The zero-order valence-corrected chi connectivity index (χ0v) is 11.7. The van der Waals surface area contributed by atoms with Crippen LogP contribution >= 0.6 is 0 Å². The molecule has 0 amide bonds. The molecule has 4 heteroatoms. The largest absolute Gasteiger partial charge is 0.245 e. The van der Waals surface area contributed by atoms with Crippen LogP contribution in [-0.2, 0) is 12.8 Å². The molecule has 1 aromatic carbocycles. The molecule has 1 aliphatic carbocycles. The molecule has 0 N–H and O–H groups in total. The average Bonchev–Trinajstić information content (AvgIpc) is 3.05. The average molecular weight is 276 g/mol. The number of benzene rings is 1. The van der Waals surface area contributed by atoms with Gasteiger partial charge in [-0.15, -0.1) is 0 Å². The molecule has 0 saturated heterocycles. The molecule has 21 heavy (non-hydrogen) atoms. The molecule has 4 rings (SSSR count). The van der Waals surface area contributed by atoms with E-state index in [-0.39, 0.29) is 0 Å². The third-order valence-corrected chi connectivity index (χ3v) is 4.08. The van der Waals surface area contributed by atoms with Gasteiger partial charge < -0.3 is 0 Å². The maximum Gasteiger partial charge on any atom is 0.116 e. The van der Waals surface area contributed by atoms with Crippen LogP contribution in [0, 0.1) is 0 Å². The highest BCUT2D eigenvalue weighted by Crippen LogP contribution is 2.27. The van der Waals surface area contributed by atoms with Crippen molar-refractivity contribution in [1.29, 1.82) is 0 Å². The minimum absolute atomic E-state index is 0.904. The van der Waals surface area contributed by atoms with Crippen molar-refractivity contribution in [2.75, 3.05) is 0 Å². The lowest BCUT2D eigenvalue weighted by atomic mass is 9.90. The zero-order valence-electron chi connectivity index (χ0n) is 11.7. The Bertz CT molecular complexity index is 761. The Labute approximate surface area is 123 Å². The van der Waals surface area contributed by atoms with E-state index >= 15 is 0 Å². The van der Waals surface area contributed by atoms with Gasteiger partial charge >= 0.3 is 0 Å². The van der Waals surface area contributed by atoms with Crippen LogP contribution in [0.4, 0.5) is 0 Å². The van der Waals surface area contributed by atoms with Crippen LogP contribution in [0.5, 0.6) is 0 Å². The lowest BCUT2D eigenvalue weighted by Crippen LogP contribution is -2.08. The van der Waals surface area contributed by atoms with Crippen LogP contribution in [0.15, 0.2) is 49.2 Å². The molecule has 0 aliphatic heterocycles. The minimum Gasteiger partial charge on any atom is -0.245 e. The van der Waals surface area contributed by atoms with E-state index in [1.807, 2.05) is 23.1 Å². The lowest BCUT2D eigenvalue weighted by molar-refractivity contribution is 0.677. The van der Waals surface area contributed by atoms with Gasteiger partial charge in [-0.3, -0.25) is 0 Å². The Morgan fingerprint density at radius 1 is 1.05 bits per heavy atom. The highest BCUT2D eigenvalue weighted by atomic mass is 15.3. The summed E-state index contributed by atoms with van der Waals surface area (Å²) in [4.78, 5) is 8.23. The molecule has 0 saturated carbocycles. The number of hydrogen-bond acceptors (Lipinski definition) is 3. The Morgan fingerprint density at radius 2 is 2.00 bits per heavy atom. The van der Waals surface area contributed by atoms with Gasteiger partial charge in [0.2, 0.25) is 0 Å². The van der Waals surface area contributed by atoms with E-state index in [0.29, 0.717) is 0 Å². The van der Waals surface area contributed by atoms with E-state index in [1.165, 1.54) is 36.1 Å².